The molecule has 4 aromatic rings. The van der Waals surface area contributed by atoms with Gasteiger partial charge in [0.2, 0.25) is 10.0 Å². The molecule has 0 radical (unpaired) electrons. The van der Waals surface area contributed by atoms with Crippen molar-refractivity contribution in [1.82, 2.24) is 19.8 Å². The Morgan fingerprint density at radius 3 is 2.46 bits per heavy atom. The predicted octanol–water partition coefficient (Wildman–Crippen LogP) is 5.03. The molecule has 0 spiro atoms. The SMILES string of the molecule is CCc1cc(S(=O)(=O)NC(C)C)ccc1C(=O)N1CCOc2ccc(-c3ccc(-c4ccn[nH]4)cc3)cc2C1. The van der Waals surface area contributed by atoms with Crippen LogP contribution in [0, 0.1) is 0 Å². The van der Waals surface area contributed by atoms with Crippen molar-refractivity contribution < 1.29 is 17.9 Å². The minimum atomic E-state index is -3.65. The number of aromatic nitrogens is 2. The van der Waals surface area contributed by atoms with E-state index in [1.807, 2.05) is 37.3 Å². The number of fused-ring (bicyclic) bond motifs is 1. The first-order valence-electron chi connectivity index (χ1n) is 13.1. The van der Waals surface area contributed by atoms with Gasteiger partial charge in [0.1, 0.15) is 12.4 Å². The van der Waals surface area contributed by atoms with Crippen LogP contribution in [0.5, 0.6) is 5.75 Å². The molecule has 0 saturated carbocycles. The Labute approximate surface area is 229 Å². The summed E-state index contributed by atoms with van der Waals surface area (Å²) in [6, 6.07) is 20.7. The zero-order valence-electron chi connectivity index (χ0n) is 22.3. The first-order chi connectivity index (χ1) is 18.7. The fraction of sp³-hybridized carbons (Fsp3) is 0.267. The molecule has 2 N–H and O–H groups in total. The smallest absolute Gasteiger partial charge is 0.254 e. The highest BCUT2D eigenvalue weighted by Gasteiger charge is 2.25. The lowest BCUT2D eigenvalue weighted by Gasteiger charge is -2.22. The number of carbonyl (C=O) groups is 1. The molecule has 9 heteroatoms. The monoisotopic (exact) mass is 544 g/mol. The molecule has 0 atom stereocenters. The molecule has 3 aromatic carbocycles. The number of H-pyrrole nitrogens is 1. The van der Waals surface area contributed by atoms with Gasteiger partial charge in [-0.3, -0.25) is 9.89 Å². The standard InChI is InChI=1S/C30H32N4O4S/c1-4-21-18-26(39(36,37)33-20(2)3)10-11-27(21)30(35)34-15-16-38-29-12-9-24(17-25(29)19-34)22-5-7-23(8-6-22)28-13-14-31-32-28/h5-14,17-18,20,33H,4,15-16,19H2,1-3H3,(H,31,32). The summed E-state index contributed by atoms with van der Waals surface area (Å²) in [6.07, 6.45) is 2.26. The van der Waals surface area contributed by atoms with Crippen molar-refractivity contribution in [1.29, 1.82) is 0 Å². The molecule has 0 bridgehead atoms. The first-order valence-corrected chi connectivity index (χ1v) is 14.5. The van der Waals surface area contributed by atoms with Crippen LogP contribution >= 0.6 is 0 Å². The summed E-state index contributed by atoms with van der Waals surface area (Å²) in [5, 5.41) is 6.99. The Bertz CT molecular complexity index is 1580. The number of rotatable bonds is 7. The Hall–Kier alpha value is -3.95. The Morgan fingerprint density at radius 2 is 1.77 bits per heavy atom. The van der Waals surface area contributed by atoms with Gasteiger partial charge in [0.15, 0.2) is 0 Å². The van der Waals surface area contributed by atoms with Crippen molar-refractivity contribution in [2.45, 2.75) is 44.7 Å². The van der Waals surface area contributed by atoms with E-state index >= 15 is 0 Å². The number of amides is 1. The van der Waals surface area contributed by atoms with Gasteiger partial charge in [-0.1, -0.05) is 37.3 Å². The van der Waals surface area contributed by atoms with Gasteiger partial charge in [0, 0.05) is 29.9 Å². The lowest BCUT2D eigenvalue weighted by Crippen LogP contribution is -2.33. The van der Waals surface area contributed by atoms with Crippen LogP contribution in [-0.2, 0) is 23.0 Å². The molecular formula is C30H32N4O4S. The summed E-state index contributed by atoms with van der Waals surface area (Å²) in [5.41, 5.74) is 6.23. The number of nitrogens with one attached hydrogen (secondary N) is 2. The van der Waals surface area contributed by atoms with E-state index in [-0.39, 0.29) is 16.8 Å². The van der Waals surface area contributed by atoms with Gasteiger partial charge in [-0.25, -0.2) is 13.1 Å². The summed E-state index contributed by atoms with van der Waals surface area (Å²) < 4.78 is 33.9. The summed E-state index contributed by atoms with van der Waals surface area (Å²) in [5.74, 6) is 0.624. The summed E-state index contributed by atoms with van der Waals surface area (Å²) in [7, 11) is -3.65. The number of ether oxygens (including phenoxy) is 1. The van der Waals surface area contributed by atoms with Gasteiger partial charge < -0.3 is 9.64 Å². The van der Waals surface area contributed by atoms with Gasteiger partial charge in [-0.15, -0.1) is 0 Å². The van der Waals surface area contributed by atoms with Crippen molar-refractivity contribution in [2.75, 3.05) is 13.2 Å². The van der Waals surface area contributed by atoms with Crippen LogP contribution in [0.1, 0.15) is 42.3 Å². The molecule has 0 aliphatic carbocycles. The number of hydrogen-bond acceptors (Lipinski definition) is 5. The van der Waals surface area contributed by atoms with E-state index in [2.05, 4.69) is 33.1 Å². The summed E-state index contributed by atoms with van der Waals surface area (Å²) in [6.45, 7) is 6.67. The van der Waals surface area contributed by atoms with Gasteiger partial charge >= 0.3 is 0 Å². The molecule has 5 rings (SSSR count). The van der Waals surface area contributed by atoms with Crippen molar-refractivity contribution in [3.63, 3.8) is 0 Å². The van der Waals surface area contributed by atoms with Crippen LogP contribution in [-0.4, -0.2) is 48.6 Å². The topological polar surface area (TPSA) is 104 Å². The van der Waals surface area contributed by atoms with Gasteiger partial charge in [0.05, 0.1) is 17.1 Å². The molecule has 2 heterocycles. The number of hydrogen-bond donors (Lipinski definition) is 2. The highest BCUT2D eigenvalue weighted by molar-refractivity contribution is 7.89. The van der Waals surface area contributed by atoms with Crippen molar-refractivity contribution >= 4 is 15.9 Å². The Kier molecular flexibility index (Phi) is 7.54. The quantitative estimate of drug-likeness (QED) is 0.340. The molecule has 1 aliphatic rings. The number of carbonyl (C=O) groups excluding carboxylic acids is 1. The molecule has 0 fully saturated rings. The molecule has 0 saturated heterocycles. The van der Waals surface area contributed by atoms with E-state index in [9.17, 15) is 13.2 Å². The third-order valence-electron chi connectivity index (χ3n) is 6.75. The molecular weight excluding hydrogens is 512 g/mol. The van der Waals surface area contributed by atoms with Crippen LogP contribution in [0.2, 0.25) is 0 Å². The van der Waals surface area contributed by atoms with E-state index in [1.165, 1.54) is 6.07 Å². The number of sulfonamides is 1. The van der Waals surface area contributed by atoms with Crippen molar-refractivity contribution in [2.24, 2.45) is 0 Å². The van der Waals surface area contributed by atoms with E-state index < -0.39 is 10.0 Å². The van der Waals surface area contributed by atoms with Crippen LogP contribution in [0.4, 0.5) is 0 Å². The second-order valence-corrected chi connectivity index (χ2v) is 11.6. The van der Waals surface area contributed by atoms with Gasteiger partial charge in [0.25, 0.3) is 5.91 Å². The molecule has 39 heavy (non-hydrogen) atoms. The Balaban J connectivity index is 1.39. The zero-order chi connectivity index (χ0) is 27.6. The number of benzene rings is 3. The van der Waals surface area contributed by atoms with Gasteiger partial charge in [-0.05, 0) is 78.9 Å². The van der Waals surface area contributed by atoms with Crippen LogP contribution in [0.15, 0.2) is 77.8 Å². The summed E-state index contributed by atoms with van der Waals surface area (Å²) in [4.78, 5) is 15.6. The maximum Gasteiger partial charge on any atom is 0.254 e. The lowest BCUT2D eigenvalue weighted by molar-refractivity contribution is 0.0732. The lowest BCUT2D eigenvalue weighted by atomic mass is 10.00. The van der Waals surface area contributed by atoms with Crippen molar-refractivity contribution in [3.8, 4) is 28.1 Å². The molecule has 1 amide bonds. The normalized spacial score (nSPS) is 13.6. The van der Waals surface area contributed by atoms with Crippen LogP contribution in [0.25, 0.3) is 22.4 Å². The highest BCUT2D eigenvalue weighted by Crippen LogP contribution is 2.31. The maximum absolute atomic E-state index is 13.7. The first kappa shape index (κ1) is 26.6. The number of nitrogens with zero attached hydrogens (tertiary/aromatic N) is 2. The van der Waals surface area contributed by atoms with Crippen molar-refractivity contribution in [3.05, 3.63) is 89.6 Å². The largest absolute Gasteiger partial charge is 0.491 e. The van der Waals surface area contributed by atoms with E-state index in [0.29, 0.717) is 37.2 Å². The average Bonchev–Trinajstić information content (AvgIpc) is 3.38. The third kappa shape index (κ3) is 5.74. The second-order valence-electron chi connectivity index (χ2n) is 9.89. The molecule has 1 aromatic heterocycles. The van der Waals surface area contributed by atoms with Gasteiger partial charge in [-0.2, -0.15) is 5.10 Å². The van der Waals surface area contributed by atoms with Crippen LogP contribution < -0.4 is 9.46 Å². The fourth-order valence-corrected chi connectivity index (χ4v) is 6.09. The molecule has 0 unspecified atom stereocenters. The minimum Gasteiger partial charge on any atom is -0.491 e. The minimum absolute atomic E-state index is 0.140. The molecule has 202 valence electrons. The highest BCUT2D eigenvalue weighted by atomic mass is 32.2. The zero-order valence-corrected chi connectivity index (χ0v) is 23.1. The third-order valence-corrected chi connectivity index (χ3v) is 8.40. The predicted molar refractivity (Wildman–Crippen MR) is 151 cm³/mol. The average molecular weight is 545 g/mol. The second kappa shape index (κ2) is 11.0. The number of aromatic amines is 1. The molecule has 8 nitrogen and oxygen atoms in total. The Morgan fingerprint density at radius 1 is 1.03 bits per heavy atom. The van der Waals surface area contributed by atoms with E-state index in [1.54, 1.807) is 37.1 Å². The summed E-state index contributed by atoms with van der Waals surface area (Å²) >= 11 is 0. The van der Waals surface area contributed by atoms with E-state index in [0.717, 1.165) is 33.7 Å². The fourth-order valence-electron chi connectivity index (χ4n) is 4.79. The van der Waals surface area contributed by atoms with Crippen LogP contribution in [0.3, 0.4) is 0 Å². The maximum atomic E-state index is 13.7. The number of aryl methyl sites for hydroxylation is 1. The molecule has 1 aliphatic heterocycles. The van der Waals surface area contributed by atoms with E-state index in [4.69, 9.17) is 4.74 Å².